The van der Waals surface area contributed by atoms with Crippen molar-refractivity contribution in [2.24, 2.45) is 0 Å². The molecule has 1 aliphatic rings. The summed E-state index contributed by atoms with van der Waals surface area (Å²) >= 11 is 0. The van der Waals surface area contributed by atoms with Crippen molar-refractivity contribution in [1.29, 1.82) is 0 Å². The Hall–Kier alpha value is -0.790. The summed E-state index contributed by atoms with van der Waals surface area (Å²) in [5, 5.41) is 1.41. The van der Waals surface area contributed by atoms with E-state index >= 15 is 0 Å². The normalized spacial score (nSPS) is 16.8. The molecule has 0 amide bonds. The Labute approximate surface area is 98.3 Å². The van der Waals surface area contributed by atoms with Crippen molar-refractivity contribution in [3.8, 4) is 0 Å². The van der Waals surface area contributed by atoms with Gasteiger partial charge < -0.3 is 15.4 Å². The molecule has 1 aromatic rings. The Kier molecular flexibility index (Phi) is 3.67. The standard InChI is InChI=1S/C12H19N2OP/c1-16(2)10-3-4-11(13)12(9-10)14-5-7-15-8-6-14/h3-4,9H,5-8,13H2,1-2H3. The van der Waals surface area contributed by atoms with Crippen molar-refractivity contribution in [3.05, 3.63) is 18.2 Å². The summed E-state index contributed by atoms with van der Waals surface area (Å²) in [6, 6.07) is 6.42. The number of nitrogens with zero attached hydrogens (tertiary/aromatic N) is 1. The molecule has 1 fully saturated rings. The average molecular weight is 238 g/mol. The topological polar surface area (TPSA) is 38.5 Å². The molecule has 0 unspecified atom stereocenters. The van der Waals surface area contributed by atoms with Gasteiger partial charge in [-0.1, -0.05) is 14.0 Å². The van der Waals surface area contributed by atoms with E-state index in [0.29, 0.717) is 0 Å². The Balaban J connectivity index is 2.27. The quantitative estimate of drug-likeness (QED) is 0.626. The van der Waals surface area contributed by atoms with E-state index in [-0.39, 0.29) is 7.92 Å². The summed E-state index contributed by atoms with van der Waals surface area (Å²) in [5.41, 5.74) is 8.10. The van der Waals surface area contributed by atoms with Gasteiger partial charge in [-0.15, -0.1) is 0 Å². The average Bonchev–Trinajstić information content (AvgIpc) is 2.30. The molecule has 16 heavy (non-hydrogen) atoms. The molecule has 0 radical (unpaired) electrons. The van der Waals surface area contributed by atoms with Gasteiger partial charge in [-0.05, 0) is 30.8 Å². The van der Waals surface area contributed by atoms with Crippen LogP contribution in [0.25, 0.3) is 0 Å². The molecule has 0 saturated carbocycles. The molecular formula is C12H19N2OP. The molecule has 4 heteroatoms. The van der Waals surface area contributed by atoms with Gasteiger partial charge in [-0.25, -0.2) is 0 Å². The second-order valence-corrected chi connectivity index (χ2v) is 6.54. The third-order valence-corrected chi connectivity index (χ3v) is 4.19. The molecule has 0 bridgehead atoms. The van der Waals surface area contributed by atoms with E-state index in [1.54, 1.807) is 0 Å². The van der Waals surface area contributed by atoms with Gasteiger partial charge in [0.1, 0.15) is 0 Å². The van der Waals surface area contributed by atoms with E-state index in [4.69, 9.17) is 10.5 Å². The van der Waals surface area contributed by atoms with Crippen molar-refractivity contribution in [1.82, 2.24) is 0 Å². The minimum absolute atomic E-state index is 0.0587. The lowest BCUT2D eigenvalue weighted by molar-refractivity contribution is 0.123. The molecule has 3 nitrogen and oxygen atoms in total. The molecule has 1 saturated heterocycles. The molecule has 0 aromatic heterocycles. The molecule has 2 N–H and O–H groups in total. The predicted molar refractivity (Wildman–Crippen MR) is 72.3 cm³/mol. The van der Waals surface area contributed by atoms with Crippen molar-refractivity contribution < 1.29 is 4.74 Å². The maximum Gasteiger partial charge on any atom is 0.0642 e. The first-order chi connectivity index (χ1) is 7.68. The second-order valence-electron chi connectivity index (χ2n) is 4.24. The predicted octanol–water partition coefficient (Wildman–Crippen LogP) is 1.47. The van der Waals surface area contributed by atoms with Crippen LogP contribution in [0.2, 0.25) is 0 Å². The molecule has 1 aromatic carbocycles. The van der Waals surface area contributed by atoms with Crippen molar-refractivity contribution in [2.75, 3.05) is 50.3 Å². The van der Waals surface area contributed by atoms with E-state index < -0.39 is 0 Å². The molecule has 1 heterocycles. The number of ether oxygens (including phenoxy) is 1. The Morgan fingerprint density at radius 2 is 1.94 bits per heavy atom. The molecule has 0 spiro atoms. The summed E-state index contributed by atoms with van der Waals surface area (Å²) in [5.74, 6) is 0. The Morgan fingerprint density at radius 1 is 1.25 bits per heavy atom. The van der Waals surface area contributed by atoms with Gasteiger partial charge in [-0.3, -0.25) is 0 Å². The summed E-state index contributed by atoms with van der Waals surface area (Å²) in [6.45, 7) is 8.03. The number of nitrogens with two attached hydrogens (primary N) is 1. The Bertz CT molecular complexity index is 362. The van der Waals surface area contributed by atoms with Crippen LogP contribution in [0.4, 0.5) is 11.4 Å². The molecule has 88 valence electrons. The van der Waals surface area contributed by atoms with Gasteiger partial charge in [0.15, 0.2) is 0 Å². The molecular weight excluding hydrogens is 219 g/mol. The third-order valence-electron chi connectivity index (χ3n) is 2.88. The van der Waals surface area contributed by atoms with Gasteiger partial charge in [0, 0.05) is 13.1 Å². The van der Waals surface area contributed by atoms with Crippen molar-refractivity contribution in [2.45, 2.75) is 0 Å². The van der Waals surface area contributed by atoms with Crippen LogP contribution >= 0.6 is 7.92 Å². The SMILES string of the molecule is CP(C)c1ccc(N)c(N2CCOCC2)c1. The van der Waals surface area contributed by atoms with Gasteiger partial charge in [0.2, 0.25) is 0 Å². The first-order valence-electron chi connectivity index (χ1n) is 5.58. The summed E-state index contributed by atoms with van der Waals surface area (Å²) in [7, 11) is -0.0587. The van der Waals surface area contributed by atoms with Crippen LogP contribution in [0.3, 0.4) is 0 Å². The highest BCUT2D eigenvalue weighted by Crippen LogP contribution is 2.29. The maximum atomic E-state index is 6.05. The van der Waals surface area contributed by atoms with Crippen LogP contribution in [0.15, 0.2) is 18.2 Å². The van der Waals surface area contributed by atoms with Crippen molar-refractivity contribution in [3.63, 3.8) is 0 Å². The number of morpholine rings is 1. The van der Waals surface area contributed by atoms with Crippen LogP contribution in [-0.4, -0.2) is 39.6 Å². The minimum atomic E-state index is -0.0587. The minimum Gasteiger partial charge on any atom is -0.397 e. The lowest BCUT2D eigenvalue weighted by Gasteiger charge is -2.30. The van der Waals surface area contributed by atoms with Crippen LogP contribution in [0, 0.1) is 0 Å². The van der Waals surface area contributed by atoms with Crippen LogP contribution in [-0.2, 0) is 4.74 Å². The zero-order chi connectivity index (χ0) is 11.5. The van der Waals surface area contributed by atoms with Crippen LogP contribution in [0.1, 0.15) is 0 Å². The highest BCUT2D eigenvalue weighted by atomic mass is 31.1. The molecule has 0 aliphatic carbocycles. The molecule has 1 aliphatic heterocycles. The first-order valence-corrected chi connectivity index (χ1v) is 7.81. The zero-order valence-corrected chi connectivity index (χ0v) is 10.8. The fourth-order valence-electron chi connectivity index (χ4n) is 1.89. The van der Waals surface area contributed by atoms with E-state index in [1.807, 2.05) is 6.07 Å². The number of nitrogen functional groups attached to an aromatic ring is 1. The van der Waals surface area contributed by atoms with E-state index in [0.717, 1.165) is 32.0 Å². The van der Waals surface area contributed by atoms with Gasteiger partial charge >= 0.3 is 0 Å². The second kappa shape index (κ2) is 5.03. The summed E-state index contributed by atoms with van der Waals surface area (Å²) in [4.78, 5) is 2.32. The monoisotopic (exact) mass is 238 g/mol. The van der Waals surface area contributed by atoms with Crippen molar-refractivity contribution >= 4 is 24.6 Å². The smallest absolute Gasteiger partial charge is 0.0642 e. The number of benzene rings is 1. The number of hydrogen-bond acceptors (Lipinski definition) is 3. The van der Waals surface area contributed by atoms with E-state index in [2.05, 4.69) is 30.4 Å². The highest BCUT2D eigenvalue weighted by molar-refractivity contribution is 7.64. The van der Waals surface area contributed by atoms with Crippen LogP contribution in [0.5, 0.6) is 0 Å². The maximum absolute atomic E-state index is 6.05. The highest BCUT2D eigenvalue weighted by Gasteiger charge is 2.14. The Morgan fingerprint density at radius 3 is 2.56 bits per heavy atom. The van der Waals surface area contributed by atoms with Gasteiger partial charge in [-0.2, -0.15) is 0 Å². The molecule has 0 atom stereocenters. The number of anilines is 2. The van der Waals surface area contributed by atoms with Gasteiger partial charge in [0.25, 0.3) is 0 Å². The largest absolute Gasteiger partial charge is 0.397 e. The van der Waals surface area contributed by atoms with Gasteiger partial charge in [0.05, 0.1) is 24.6 Å². The zero-order valence-electron chi connectivity index (χ0n) is 9.94. The summed E-state index contributed by atoms with van der Waals surface area (Å²) in [6.07, 6.45) is 0. The first kappa shape index (κ1) is 11.7. The molecule has 2 rings (SSSR count). The van der Waals surface area contributed by atoms with E-state index in [9.17, 15) is 0 Å². The summed E-state index contributed by atoms with van der Waals surface area (Å²) < 4.78 is 5.36. The van der Waals surface area contributed by atoms with E-state index in [1.165, 1.54) is 11.0 Å². The van der Waals surface area contributed by atoms with Crippen LogP contribution < -0.4 is 15.9 Å². The fourth-order valence-corrected chi connectivity index (χ4v) is 2.64. The lowest BCUT2D eigenvalue weighted by atomic mass is 10.2. The number of hydrogen-bond donors (Lipinski definition) is 1. The fraction of sp³-hybridized carbons (Fsp3) is 0.500. The third kappa shape index (κ3) is 2.47. The lowest BCUT2D eigenvalue weighted by Crippen LogP contribution is -2.37. The number of rotatable bonds is 2.